The second kappa shape index (κ2) is 9.10. The monoisotopic (exact) mass is 394 g/mol. The van der Waals surface area contributed by atoms with Gasteiger partial charge in [-0.3, -0.25) is 0 Å². The number of aryl methyl sites for hydroxylation is 1. The molecule has 0 amide bonds. The summed E-state index contributed by atoms with van der Waals surface area (Å²) in [4.78, 5) is 24.0. The Labute approximate surface area is 168 Å². The number of hydrogen-bond donors (Lipinski definition) is 0. The first kappa shape index (κ1) is 20.2. The van der Waals surface area contributed by atoms with Crippen LogP contribution in [0.3, 0.4) is 0 Å². The molecule has 0 atom stereocenters. The molecule has 0 unspecified atom stereocenters. The average Bonchev–Trinajstić information content (AvgIpc) is 2.74. The normalized spacial score (nSPS) is 11.0. The Bertz CT molecular complexity index is 1110. The van der Waals surface area contributed by atoms with Crippen LogP contribution in [0.25, 0.3) is 17.0 Å². The van der Waals surface area contributed by atoms with Gasteiger partial charge in [0.25, 0.3) is 0 Å². The molecule has 6 heteroatoms. The number of hydrogen-bond acceptors (Lipinski definition) is 6. The molecular weight excluding hydrogens is 372 g/mol. The molecule has 3 rings (SSSR count). The summed E-state index contributed by atoms with van der Waals surface area (Å²) in [7, 11) is 3.08. The fourth-order valence-corrected chi connectivity index (χ4v) is 3.01. The SMILES string of the molecule is CCc1ccc2c(COC(=O)/C=C/c3cccc(OC)c3OC)cc(=O)oc2c1. The lowest BCUT2D eigenvalue weighted by atomic mass is 10.1. The van der Waals surface area contributed by atoms with E-state index in [1.165, 1.54) is 19.3 Å². The fourth-order valence-electron chi connectivity index (χ4n) is 3.01. The van der Waals surface area contributed by atoms with Crippen LogP contribution in [-0.2, 0) is 22.6 Å². The summed E-state index contributed by atoms with van der Waals surface area (Å²) in [5.74, 6) is 0.552. The zero-order valence-corrected chi connectivity index (χ0v) is 16.6. The standard InChI is InChI=1S/C23H22O6/c1-4-15-8-10-18-17(13-22(25)29-20(18)12-15)14-28-21(24)11-9-16-6-5-7-19(26-2)23(16)27-3/h5-13H,4,14H2,1-3H3/b11-9+. The highest BCUT2D eigenvalue weighted by Gasteiger charge is 2.10. The Morgan fingerprint density at radius 3 is 2.66 bits per heavy atom. The molecule has 0 spiro atoms. The molecule has 1 heterocycles. The fraction of sp³-hybridized carbons (Fsp3) is 0.217. The second-order valence-electron chi connectivity index (χ2n) is 6.30. The van der Waals surface area contributed by atoms with E-state index in [1.807, 2.05) is 25.1 Å². The number of benzene rings is 2. The lowest BCUT2D eigenvalue weighted by Gasteiger charge is -2.10. The number of methoxy groups -OCH3 is 2. The molecule has 0 saturated heterocycles. The third-order valence-corrected chi connectivity index (χ3v) is 4.51. The number of fused-ring (bicyclic) bond motifs is 1. The third kappa shape index (κ3) is 4.66. The Morgan fingerprint density at radius 2 is 1.93 bits per heavy atom. The molecule has 0 bridgehead atoms. The lowest BCUT2D eigenvalue weighted by molar-refractivity contribution is -0.138. The van der Waals surface area contributed by atoms with Crippen molar-refractivity contribution in [2.24, 2.45) is 0 Å². The first-order valence-corrected chi connectivity index (χ1v) is 9.17. The van der Waals surface area contributed by atoms with Gasteiger partial charge in [-0.15, -0.1) is 0 Å². The highest BCUT2D eigenvalue weighted by atomic mass is 16.5. The van der Waals surface area contributed by atoms with Crippen LogP contribution in [0.5, 0.6) is 11.5 Å². The predicted octanol–water partition coefficient (Wildman–Crippen LogP) is 4.13. The van der Waals surface area contributed by atoms with Crippen LogP contribution in [0.4, 0.5) is 0 Å². The molecule has 0 aliphatic rings. The van der Waals surface area contributed by atoms with Crippen molar-refractivity contribution in [3.8, 4) is 11.5 Å². The Morgan fingerprint density at radius 1 is 1.10 bits per heavy atom. The van der Waals surface area contributed by atoms with Crippen LogP contribution in [0.1, 0.15) is 23.6 Å². The number of ether oxygens (including phenoxy) is 3. The van der Waals surface area contributed by atoms with Gasteiger partial charge < -0.3 is 18.6 Å². The van der Waals surface area contributed by atoms with Crippen molar-refractivity contribution >= 4 is 23.0 Å². The summed E-state index contributed by atoms with van der Waals surface area (Å²) < 4.78 is 21.2. The van der Waals surface area contributed by atoms with Crippen LogP contribution >= 0.6 is 0 Å². The van der Waals surface area contributed by atoms with Gasteiger partial charge in [0.2, 0.25) is 0 Å². The summed E-state index contributed by atoms with van der Waals surface area (Å²) >= 11 is 0. The van der Waals surface area contributed by atoms with Gasteiger partial charge in [-0.1, -0.05) is 31.2 Å². The minimum Gasteiger partial charge on any atom is -0.493 e. The second-order valence-corrected chi connectivity index (χ2v) is 6.30. The molecule has 0 aliphatic carbocycles. The minimum absolute atomic E-state index is 0.0357. The first-order valence-electron chi connectivity index (χ1n) is 9.17. The van der Waals surface area contributed by atoms with Crippen molar-refractivity contribution in [1.29, 1.82) is 0 Å². The molecule has 150 valence electrons. The van der Waals surface area contributed by atoms with E-state index in [4.69, 9.17) is 18.6 Å². The summed E-state index contributed by atoms with van der Waals surface area (Å²) in [5, 5.41) is 0.744. The summed E-state index contributed by atoms with van der Waals surface area (Å²) in [6.07, 6.45) is 3.73. The number of esters is 1. The molecule has 0 N–H and O–H groups in total. The van der Waals surface area contributed by atoms with Gasteiger partial charge in [0, 0.05) is 28.7 Å². The van der Waals surface area contributed by atoms with Crippen LogP contribution in [0.15, 0.2) is 57.8 Å². The lowest BCUT2D eigenvalue weighted by Crippen LogP contribution is -2.06. The summed E-state index contributed by atoms with van der Waals surface area (Å²) in [6.45, 7) is 1.99. The van der Waals surface area contributed by atoms with E-state index in [9.17, 15) is 9.59 Å². The molecule has 1 aromatic heterocycles. The molecule has 29 heavy (non-hydrogen) atoms. The number of rotatable bonds is 7. The Kier molecular flexibility index (Phi) is 6.34. The predicted molar refractivity (Wildman–Crippen MR) is 110 cm³/mol. The van der Waals surface area contributed by atoms with E-state index in [0.29, 0.717) is 28.2 Å². The molecule has 0 fully saturated rings. The smallest absolute Gasteiger partial charge is 0.336 e. The molecule has 0 saturated carbocycles. The first-order chi connectivity index (χ1) is 14.0. The van der Waals surface area contributed by atoms with Gasteiger partial charge in [0.15, 0.2) is 11.5 Å². The number of para-hydroxylation sites is 1. The molecule has 2 aromatic carbocycles. The maximum atomic E-state index is 12.2. The summed E-state index contributed by atoms with van der Waals surface area (Å²) in [5.41, 5.74) is 2.35. The third-order valence-electron chi connectivity index (χ3n) is 4.51. The van der Waals surface area contributed by atoms with Crippen molar-refractivity contribution in [2.75, 3.05) is 14.2 Å². The van der Waals surface area contributed by atoms with Crippen molar-refractivity contribution < 1.29 is 23.4 Å². The quantitative estimate of drug-likeness (QED) is 0.341. The zero-order valence-electron chi connectivity index (χ0n) is 16.6. The van der Waals surface area contributed by atoms with Gasteiger partial charge in [-0.25, -0.2) is 9.59 Å². The van der Waals surface area contributed by atoms with E-state index in [1.54, 1.807) is 31.4 Å². The van der Waals surface area contributed by atoms with Gasteiger partial charge in [0.1, 0.15) is 12.2 Å². The Hall–Kier alpha value is -3.54. The van der Waals surface area contributed by atoms with Crippen LogP contribution in [-0.4, -0.2) is 20.2 Å². The maximum absolute atomic E-state index is 12.2. The van der Waals surface area contributed by atoms with Crippen LogP contribution < -0.4 is 15.1 Å². The van der Waals surface area contributed by atoms with Crippen molar-refractivity contribution in [2.45, 2.75) is 20.0 Å². The van der Waals surface area contributed by atoms with E-state index in [-0.39, 0.29) is 6.61 Å². The summed E-state index contributed by atoms with van der Waals surface area (Å²) in [6, 6.07) is 12.4. The van der Waals surface area contributed by atoms with Gasteiger partial charge in [-0.2, -0.15) is 0 Å². The Balaban J connectivity index is 1.76. The largest absolute Gasteiger partial charge is 0.493 e. The molecule has 0 radical (unpaired) electrons. The van der Waals surface area contributed by atoms with Gasteiger partial charge >= 0.3 is 11.6 Å². The average molecular weight is 394 g/mol. The molecular formula is C23H22O6. The zero-order chi connectivity index (χ0) is 20.8. The topological polar surface area (TPSA) is 75.0 Å². The highest BCUT2D eigenvalue weighted by molar-refractivity contribution is 5.88. The minimum atomic E-state index is -0.540. The van der Waals surface area contributed by atoms with Gasteiger partial charge in [-0.05, 0) is 30.2 Å². The maximum Gasteiger partial charge on any atom is 0.336 e. The van der Waals surface area contributed by atoms with Crippen molar-refractivity contribution in [3.63, 3.8) is 0 Å². The van der Waals surface area contributed by atoms with E-state index in [2.05, 4.69) is 0 Å². The van der Waals surface area contributed by atoms with Crippen molar-refractivity contribution in [3.05, 3.63) is 75.7 Å². The van der Waals surface area contributed by atoms with Crippen LogP contribution in [0.2, 0.25) is 0 Å². The highest BCUT2D eigenvalue weighted by Crippen LogP contribution is 2.31. The van der Waals surface area contributed by atoms with Crippen LogP contribution in [0, 0.1) is 0 Å². The van der Waals surface area contributed by atoms with Crippen molar-refractivity contribution in [1.82, 2.24) is 0 Å². The van der Waals surface area contributed by atoms with E-state index >= 15 is 0 Å². The van der Waals surface area contributed by atoms with Gasteiger partial charge in [0.05, 0.1) is 14.2 Å². The molecule has 0 aliphatic heterocycles. The van der Waals surface area contributed by atoms with E-state index < -0.39 is 11.6 Å². The molecule has 3 aromatic rings. The number of carbonyl (C=O) groups is 1. The molecule has 6 nitrogen and oxygen atoms in total. The number of carbonyl (C=O) groups excluding carboxylic acids is 1. The van der Waals surface area contributed by atoms with E-state index in [0.717, 1.165) is 17.4 Å².